The molecular formula is C25H33F2N3O2. The first-order valence-electron chi connectivity index (χ1n) is 11.3. The van der Waals surface area contributed by atoms with Gasteiger partial charge in [0, 0.05) is 12.2 Å². The lowest BCUT2D eigenvalue weighted by Gasteiger charge is -2.36. The van der Waals surface area contributed by atoms with Gasteiger partial charge in [0.05, 0.1) is 12.1 Å². The molecule has 1 fully saturated rings. The largest absolute Gasteiger partial charge is 0.390 e. The van der Waals surface area contributed by atoms with Crippen LogP contribution >= 0.6 is 0 Å². The quantitative estimate of drug-likeness (QED) is 0.563. The van der Waals surface area contributed by atoms with Gasteiger partial charge in [-0.05, 0) is 86.1 Å². The average Bonchev–Trinajstić information content (AvgIpc) is 2.76. The number of nitrogens with zero attached hydrogens (tertiary/aromatic N) is 1. The van der Waals surface area contributed by atoms with E-state index in [1.165, 1.54) is 36.4 Å². The number of nitrogens with one attached hydrogen (secondary N) is 2. The number of β-amino-alcohol motifs (C(OH)–C–C–N with tert-alkyl or cyclic N) is 1. The number of likely N-dealkylation sites (tertiary alicyclic amines) is 1. The SMILES string of the molecule is CC(C)C(NC(=O)Nc1ccc(F)cc1)C(O)CN1CCC(Cc2ccc(F)cc2)CC1. The summed E-state index contributed by atoms with van der Waals surface area (Å²) in [7, 11) is 0. The smallest absolute Gasteiger partial charge is 0.319 e. The maximum atomic E-state index is 13.1. The minimum atomic E-state index is -0.706. The van der Waals surface area contributed by atoms with Gasteiger partial charge in [0.1, 0.15) is 11.6 Å². The molecule has 5 nitrogen and oxygen atoms in total. The van der Waals surface area contributed by atoms with Gasteiger partial charge in [0.2, 0.25) is 0 Å². The molecule has 0 aliphatic carbocycles. The van der Waals surface area contributed by atoms with Gasteiger partial charge in [-0.25, -0.2) is 13.6 Å². The van der Waals surface area contributed by atoms with Crippen LogP contribution < -0.4 is 10.6 Å². The fourth-order valence-corrected chi connectivity index (χ4v) is 4.26. The Balaban J connectivity index is 1.46. The van der Waals surface area contributed by atoms with Gasteiger partial charge in [0.25, 0.3) is 0 Å². The van der Waals surface area contributed by atoms with Gasteiger partial charge in [-0.1, -0.05) is 26.0 Å². The Morgan fingerprint density at radius 1 is 1.03 bits per heavy atom. The molecule has 2 unspecified atom stereocenters. The van der Waals surface area contributed by atoms with E-state index >= 15 is 0 Å². The minimum absolute atomic E-state index is 0.0417. The molecule has 7 heteroatoms. The van der Waals surface area contributed by atoms with E-state index in [2.05, 4.69) is 15.5 Å². The molecule has 2 aromatic carbocycles. The van der Waals surface area contributed by atoms with Gasteiger partial charge in [-0.2, -0.15) is 0 Å². The highest BCUT2D eigenvalue weighted by molar-refractivity contribution is 5.89. The summed E-state index contributed by atoms with van der Waals surface area (Å²) < 4.78 is 26.1. The molecule has 1 saturated heterocycles. The third-order valence-corrected chi connectivity index (χ3v) is 6.12. The first-order valence-corrected chi connectivity index (χ1v) is 11.3. The Morgan fingerprint density at radius 2 is 1.59 bits per heavy atom. The first kappa shape index (κ1) is 24.1. The third-order valence-electron chi connectivity index (χ3n) is 6.12. The van der Waals surface area contributed by atoms with Gasteiger partial charge in [0.15, 0.2) is 0 Å². The number of urea groups is 1. The van der Waals surface area contributed by atoms with Crippen LogP contribution in [0.4, 0.5) is 19.3 Å². The zero-order valence-electron chi connectivity index (χ0n) is 18.7. The summed E-state index contributed by atoms with van der Waals surface area (Å²) in [5, 5.41) is 16.4. The van der Waals surface area contributed by atoms with Crippen molar-refractivity contribution in [3.8, 4) is 0 Å². The predicted molar refractivity (Wildman–Crippen MR) is 122 cm³/mol. The van der Waals surface area contributed by atoms with E-state index in [0.29, 0.717) is 18.2 Å². The van der Waals surface area contributed by atoms with Crippen molar-refractivity contribution in [3.05, 3.63) is 65.7 Å². The van der Waals surface area contributed by atoms with Crippen LogP contribution in [0.5, 0.6) is 0 Å². The summed E-state index contributed by atoms with van der Waals surface area (Å²) in [5.74, 6) is 0.0134. The fourth-order valence-electron chi connectivity index (χ4n) is 4.26. The van der Waals surface area contributed by atoms with Crippen molar-refractivity contribution >= 4 is 11.7 Å². The van der Waals surface area contributed by atoms with Gasteiger partial charge < -0.3 is 20.6 Å². The number of aliphatic hydroxyl groups excluding tert-OH is 1. The first-order chi connectivity index (χ1) is 15.3. The van der Waals surface area contributed by atoms with Crippen LogP contribution in [0.25, 0.3) is 0 Å². The van der Waals surface area contributed by atoms with Crippen molar-refractivity contribution in [2.24, 2.45) is 11.8 Å². The number of rotatable bonds is 8. The topological polar surface area (TPSA) is 64.6 Å². The number of aliphatic hydroxyl groups is 1. The van der Waals surface area contributed by atoms with E-state index in [1.54, 1.807) is 0 Å². The van der Waals surface area contributed by atoms with Crippen LogP contribution in [-0.2, 0) is 6.42 Å². The second-order valence-corrected chi connectivity index (χ2v) is 9.02. The van der Waals surface area contributed by atoms with Crippen LogP contribution in [0.2, 0.25) is 0 Å². The predicted octanol–water partition coefficient (Wildman–Crippen LogP) is 4.43. The number of benzene rings is 2. The number of hydrogen-bond donors (Lipinski definition) is 3. The molecule has 1 heterocycles. The van der Waals surface area contributed by atoms with Gasteiger partial charge in [-0.3, -0.25) is 0 Å². The van der Waals surface area contributed by atoms with Crippen molar-refractivity contribution in [2.75, 3.05) is 25.0 Å². The third kappa shape index (κ3) is 7.28. The van der Waals surface area contributed by atoms with Crippen LogP contribution in [0.1, 0.15) is 32.3 Å². The van der Waals surface area contributed by atoms with Crippen molar-refractivity contribution < 1.29 is 18.7 Å². The van der Waals surface area contributed by atoms with Crippen molar-refractivity contribution in [1.29, 1.82) is 0 Å². The Labute approximate surface area is 188 Å². The molecule has 32 heavy (non-hydrogen) atoms. The van der Waals surface area contributed by atoms with Crippen LogP contribution in [-0.4, -0.2) is 47.8 Å². The molecule has 0 radical (unpaired) electrons. The zero-order valence-corrected chi connectivity index (χ0v) is 18.7. The summed E-state index contributed by atoms with van der Waals surface area (Å²) in [6, 6.07) is 11.4. The molecule has 2 atom stereocenters. The number of carbonyl (C=O) groups excluding carboxylic acids is 1. The van der Waals surface area contributed by atoms with E-state index in [9.17, 15) is 18.7 Å². The second-order valence-electron chi connectivity index (χ2n) is 9.02. The number of anilines is 1. The summed E-state index contributed by atoms with van der Waals surface area (Å²) >= 11 is 0. The van der Waals surface area contributed by atoms with E-state index in [4.69, 9.17) is 0 Å². The molecule has 0 spiro atoms. The molecule has 2 amide bonds. The highest BCUT2D eigenvalue weighted by Gasteiger charge is 2.28. The lowest BCUT2D eigenvalue weighted by atomic mass is 9.89. The lowest BCUT2D eigenvalue weighted by molar-refractivity contribution is 0.0539. The molecule has 174 valence electrons. The Kier molecular flexibility index (Phi) is 8.59. The normalized spacial score (nSPS) is 17.2. The highest BCUT2D eigenvalue weighted by atomic mass is 19.1. The molecule has 1 aliphatic rings. The maximum absolute atomic E-state index is 13.1. The molecule has 3 rings (SSSR count). The standard InChI is InChI=1S/C25H33F2N3O2/c1-17(2)24(29-25(32)28-22-9-7-21(27)8-10-22)23(31)16-30-13-11-19(12-14-30)15-18-3-5-20(26)6-4-18/h3-10,17,19,23-24,31H,11-16H2,1-2H3,(H2,28,29,32). The number of piperidine rings is 1. The molecular weight excluding hydrogens is 412 g/mol. The summed E-state index contributed by atoms with van der Waals surface area (Å²) in [6.45, 7) is 6.18. The zero-order chi connectivity index (χ0) is 23.1. The Hall–Kier alpha value is -2.51. The molecule has 1 aliphatic heterocycles. The number of hydrogen-bond acceptors (Lipinski definition) is 3. The molecule has 2 aromatic rings. The summed E-state index contributed by atoms with van der Waals surface area (Å²) in [6.07, 6.45) is 2.28. The van der Waals surface area contributed by atoms with Crippen molar-refractivity contribution in [3.63, 3.8) is 0 Å². The van der Waals surface area contributed by atoms with E-state index in [0.717, 1.165) is 37.9 Å². The van der Waals surface area contributed by atoms with Crippen LogP contribution in [0.15, 0.2) is 48.5 Å². The average molecular weight is 446 g/mol. The summed E-state index contributed by atoms with van der Waals surface area (Å²) in [5.41, 5.74) is 1.64. The maximum Gasteiger partial charge on any atom is 0.319 e. The van der Waals surface area contributed by atoms with Crippen molar-refractivity contribution in [1.82, 2.24) is 10.2 Å². The van der Waals surface area contributed by atoms with Crippen LogP contribution in [0, 0.1) is 23.5 Å². The molecule has 0 bridgehead atoms. The van der Waals surface area contributed by atoms with Gasteiger partial charge in [-0.15, -0.1) is 0 Å². The second kappa shape index (κ2) is 11.4. The summed E-state index contributed by atoms with van der Waals surface area (Å²) in [4.78, 5) is 14.6. The Morgan fingerprint density at radius 3 is 2.16 bits per heavy atom. The number of halogens is 2. The van der Waals surface area contributed by atoms with Crippen molar-refractivity contribution in [2.45, 2.75) is 45.3 Å². The number of carbonyl (C=O) groups is 1. The van der Waals surface area contributed by atoms with E-state index in [1.807, 2.05) is 26.0 Å². The van der Waals surface area contributed by atoms with E-state index in [-0.39, 0.29) is 17.6 Å². The monoisotopic (exact) mass is 445 g/mol. The highest BCUT2D eigenvalue weighted by Crippen LogP contribution is 2.22. The van der Waals surface area contributed by atoms with Crippen LogP contribution in [0.3, 0.4) is 0 Å². The number of amides is 2. The Bertz CT molecular complexity index is 850. The molecule has 3 N–H and O–H groups in total. The van der Waals surface area contributed by atoms with Gasteiger partial charge >= 0.3 is 6.03 Å². The lowest BCUT2D eigenvalue weighted by Crippen LogP contribution is -2.53. The fraction of sp³-hybridized carbons (Fsp3) is 0.480. The molecule has 0 saturated carbocycles. The minimum Gasteiger partial charge on any atom is -0.390 e. The molecule has 0 aromatic heterocycles. The van der Waals surface area contributed by atoms with E-state index < -0.39 is 18.2 Å².